The van der Waals surface area contributed by atoms with Crippen molar-refractivity contribution < 1.29 is 14.3 Å². The van der Waals surface area contributed by atoms with E-state index in [4.69, 9.17) is 4.74 Å². The number of hydrogen-bond donors (Lipinski definition) is 0. The number of hydrogen-bond acceptors (Lipinski definition) is 4. The number of nitrogens with zero attached hydrogens (tertiary/aromatic N) is 2. The normalized spacial score (nSPS) is 17.5. The first kappa shape index (κ1) is 22.0. The first-order chi connectivity index (χ1) is 16.0. The van der Waals surface area contributed by atoms with Gasteiger partial charge in [-0.2, -0.15) is 5.26 Å². The van der Waals surface area contributed by atoms with Gasteiger partial charge in [0.25, 0.3) is 5.91 Å². The van der Waals surface area contributed by atoms with E-state index >= 15 is 0 Å². The van der Waals surface area contributed by atoms with Crippen LogP contribution in [0.4, 0.5) is 0 Å². The predicted molar refractivity (Wildman–Crippen MR) is 126 cm³/mol. The molecule has 0 fully saturated rings. The first-order valence-electron chi connectivity index (χ1n) is 10.9. The van der Waals surface area contributed by atoms with Crippen LogP contribution in [-0.4, -0.2) is 23.4 Å². The fourth-order valence-corrected chi connectivity index (χ4v) is 4.49. The maximum Gasteiger partial charge on any atom is 0.338 e. The second-order valence-electron chi connectivity index (χ2n) is 7.85. The molecule has 0 radical (unpaired) electrons. The highest BCUT2D eigenvalue weighted by Crippen LogP contribution is 2.47. The van der Waals surface area contributed by atoms with E-state index in [0.717, 1.165) is 5.56 Å². The Morgan fingerprint density at radius 3 is 2.39 bits per heavy atom. The summed E-state index contributed by atoms with van der Waals surface area (Å²) in [4.78, 5) is 27.9. The number of carbonyl (C=O) groups excluding carboxylic acids is 2. The zero-order valence-electron chi connectivity index (χ0n) is 18.6. The van der Waals surface area contributed by atoms with Crippen molar-refractivity contribution >= 4 is 18.0 Å². The molecule has 0 spiro atoms. The molecule has 5 nitrogen and oxygen atoms in total. The van der Waals surface area contributed by atoms with Gasteiger partial charge in [0.1, 0.15) is 0 Å². The molecule has 3 aromatic rings. The number of ether oxygens (including phenoxy) is 1. The van der Waals surface area contributed by atoms with Gasteiger partial charge in [-0.05, 0) is 42.3 Å². The van der Waals surface area contributed by atoms with Gasteiger partial charge in [0.15, 0.2) is 5.54 Å². The lowest BCUT2D eigenvalue weighted by molar-refractivity contribution is 0.0522. The van der Waals surface area contributed by atoms with E-state index < -0.39 is 17.4 Å². The summed E-state index contributed by atoms with van der Waals surface area (Å²) in [6.45, 7) is 3.88. The Hall–Kier alpha value is -4.17. The van der Waals surface area contributed by atoms with E-state index in [-0.39, 0.29) is 12.5 Å². The fraction of sp³-hybridized carbons (Fsp3) is 0.179. The van der Waals surface area contributed by atoms with Crippen LogP contribution in [0.25, 0.3) is 6.08 Å². The third-order valence-corrected chi connectivity index (χ3v) is 6.11. The molecule has 5 heteroatoms. The van der Waals surface area contributed by atoms with Gasteiger partial charge in [-0.1, -0.05) is 67.6 Å². The number of carbonyl (C=O) groups is 2. The monoisotopic (exact) mass is 436 g/mol. The highest BCUT2D eigenvalue weighted by molar-refractivity contribution is 5.97. The largest absolute Gasteiger partial charge is 0.462 e. The number of benzene rings is 3. The van der Waals surface area contributed by atoms with E-state index in [0.29, 0.717) is 22.3 Å². The third-order valence-electron chi connectivity index (χ3n) is 6.11. The van der Waals surface area contributed by atoms with Gasteiger partial charge in [0.2, 0.25) is 0 Å². The molecule has 2 atom stereocenters. The summed E-state index contributed by atoms with van der Waals surface area (Å²) in [5.41, 5.74) is 1.71. The van der Waals surface area contributed by atoms with Gasteiger partial charge >= 0.3 is 5.97 Å². The third kappa shape index (κ3) is 3.70. The summed E-state index contributed by atoms with van der Waals surface area (Å²) < 4.78 is 5.27. The molecule has 3 aromatic carbocycles. The average molecular weight is 437 g/mol. The lowest BCUT2D eigenvalue weighted by Gasteiger charge is -2.44. The molecule has 1 aliphatic heterocycles. The Bertz CT molecular complexity index is 1260. The van der Waals surface area contributed by atoms with Crippen LogP contribution in [0.3, 0.4) is 0 Å². The summed E-state index contributed by atoms with van der Waals surface area (Å²) in [5, 5.41) is 10.7. The van der Waals surface area contributed by atoms with E-state index in [2.05, 4.69) is 6.07 Å². The highest BCUT2D eigenvalue weighted by Gasteiger charge is 2.49. The summed E-state index contributed by atoms with van der Waals surface area (Å²) >= 11 is 0. The van der Waals surface area contributed by atoms with Crippen molar-refractivity contribution in [3.63, 3.8) is 0 Å². The minimum Gasteiger partial charge on any atom is -0.462 e. The van der Waals surface area contributed by atoms with Gasteiger partial charge in [-0.3, -0.25) is 9.69 Å². The minimum absolute atomic E-state index is 0.245. The van der Waals surface area contributed by atoms with Crippen LogP contribution in [0.1, 0.15) is 57.2 Å². The maximum atomic E-state index is 13.7. The van der Waals surface area contributed by atoms with Crippen molar-refractivity contribution in [2.24, 2.45) is 0 Å². The van der Waals surface area contributed by atoms with Crippen molar-refractivity contribution in [3.05, 3.63) is 113 Å². The van der Waals surface area contributed by atoms with Crippen LogP contribution < -0.4 is 0 Å². The molecule has 1 amide bonds. The molecule has 4 rings (SSSR count). The second kappa shape index (κ2) is 9.13. The summed E-state index contributed by atoms with van der Waals surface area (Å²) in [7, 11) is 0. The molecule has 0 aliphatic carbocycles. The standard InChI is InChI=1S/C28H24N2O3/c1-3-33-27(32)24-15-9-8-14-23(24)20(2)28(19-29)25-16-10-7-11-21(25)17-18-30(28)26(31)22-12-5-4-6-13-22/h4-18,20H,3H2,1-2H3/t20-,28+/m1/s1. The first-order valence-corrected chi connectivity index (χ1v) is 10.9. The molecular formula is C28H24N2O3. The lowest BCUT2D eigenvalue weighted by Crippen LogP contribution is -2.51. The van der Waals surface area contributed by atoms with Crippen LogP contribution in [0, 0.1) is 11.3 Å². The van der Waals surface area contributed by atoms with Gasteiger partial charge < -0.3 is 4.74 Å². The second-order valence-corrected chi connectivity index (χ2v) is 7.85. The van der Waals surface area contributed by atoms with Crippen molar-refractivity contribution in [1.82, 2.24) is 4.90 Å². The quantitative estimate of drug-likeness (QED) is 0.494. The molecule has 0 saturated heterocycles. The summed E-state index contributed by atoms with van der Waals surface area (Å²) in [5.74, 6) is -1.28. The van der Waals surface area contributed by atoms with Gasteiger partial charge in [0.05, 0.1) is 18.2 Å². The van der Waals surface area contributed by atoms with Crippen LogP contribution in [-0.2, 0) is 10.3 Å². The molecule has 1 heterocycles. The molecule has 0 saturated carbocycles. The SMILES string of the molecule is CCOC(=O)c1ccccc1[C@@H](C)[C@@]1(C#N)c2ccccc2C=CN1C(=O)c1ccccc1. The smallest absolute Gasteiger partial charge is 0.338 e. The molecule has 0 unspecified atom stereocenters. The maximum absolute atomic E-state index is 13.7. The van der Waals surface area contributed by atoms with Crippen molar-refractivity contribution in [1.29, 1.82) is 5.26 Å². The summed E-state index contributed by atoms with van der Waals surface area (Å²) in [6.07, 6.45) is 3.51. The predicted octanol–water partition coefficient (Wildman–Crippen LogP) is 5.51. The zero-order chi connectivity index (χ0) is 23.4. The Balaban J connectivity index is 1.93. The van der Waals surface area contributed by atoms with E-state index in [1.165, 1.54) is 4.90 Å². The molecule has 0 aromatic heterocycles. The number of esters is 1. The van der Waals surface area contributed by atoms with E-state index in [9.17, 15) is 14.9 Å². The van der Waals surface area contributed by atoms with Crippen LogP contribution in [0.15, 0.2) is 85.1 Å². The van der Waals surface area contributed by atoms with Crippen LogP contribution >= 0.6 is 0 Å². The molecule has 33 heavy (non-hydrogen) atoms. The Morgan fingerprint density at radius 1 is 1.00 bits per heavy atom. The minimum atomic E-state index is -1.37. The van der Waals surface area contributed by atoms with Crippen molar-refractivity contribution in [2.75, 3.05) is 6.61 Å². The Morgan fingerprint density at radius 2 is 1.67 bits per heavy atom. The van der Waals surface area contributed by atoms with Crippen molar-refractivity contribution in [3.8, 4) is 6.07 Å². The van der Waals surface area contributed by atoms with Crippen LogP contribution in [0.5, 0.6) is 0 Å². The highest BCUT2D eigenvalue weighted by atomic mass is 16.5. The molecule has 164 valence electrons. The average Bonchev–Trinajstić information content (AvgIpc) is 2.87. The van der Waals surface area contributed by atoms with Gasteiger partial charge in [-0.15, -0.1) is 0 Å². The Labute approximate surface area is 193 Å². The molecule has 0 N–H and O–H groups in total. The molecular weight excluding hydrogens is 412 g/mol. The van der Waals surface area contributed by atoms with E-state index in [1.807, 2.05) is 55.5 Å². The van der Waals surface area contributed by atoms with Gasteiger partial charge in [0, 0.05) is 23.2 Å². The number of nitriles is 1. The fourth-order valence-electron chi connectivity index (χ4n) is 4.49. The zero-order valence-corrected chi connectivity index (χ0v) is 18.6. The topological polar surface area (TPSA) is 70.4 Å². The van der Waals surface area contributed by atoms with Crippen LogP contribution in [0.2, 0.25) is 0 Å². The lowest BCUT2D eigenvalue weighted by atomic mass is 9.71. The molecule has 1 aliphatic rings. The van der Waals surface area contributed by atoms with Crippen molar-refractivity contribution in [2.45, 2.75) is 25.3 Å². The Kier molecular flexibility index (Phi) is 6.10. The van der Waals surface area contributed by atoms with E-state index in [1.54, 1.807) is 49.5 Å². The number of rotatable bonds is 5. The number of fused-ring (bicyclic) bond motifs is 1. The number of amides is 1. The van der Waals surface area contributed by atoms with Gasteiger partial charge in [-0.25, -0.2) is 4.79 Å². The molecule has 0 bridgehead atoms. The summed E-state index contributed by atoms with van der Waals surface area (Å²) in [6, 6.07) is 26.0.